The molecule has 0 heterocycles. The quantitative estimate of drug-likeness (QED) is 0.327. The molecule has 0 unspecified atom stereocenters. The zero-order valence-corrected chi connectivity index (χ0v) is 16.0. The molecule has 0 amide bonds. The van der Waals surface area contributed by atoms with Gasteiger partial charge in [-0.2, -0.15) is 0 Å². The molecule has 0 N–H and O–H groups in total. The second kappa shape index (κ2) is 15.2. The van der Waals surface area contributed by atoms with E-state index < -0.39 is 0 Å². The Labute approximate surface area is 148 Å². The number of carbonyl (C=O) groups excluding carboxylic acids is 2. The van der Waals surface area contributed by atoms with E-state index in [1.165, 1.54) is 0 Å². The van der Waals surface area contributed by atoms with Crippen LogP contribution in [0.4, 0.5) is 0 Å². The normalized spacial score (nSPS) is 11.4. The first-order valence-electron chi connectivity index (χ1n) is 9.58. The molecule has 0 bridgehead atoms. The van der Waals surface area contributed by atoms with Crippen molar-refractivity contribution in [1.29, 1.82) is 0 Å². The summed E-state index contributed by atoms with van der Waals surface area (Å²) >= 11 is 0. The van der Waals surface area contributed by atoms with Gasteiger partial charge in [0.15, 0.2) is 0 Å². The molecule has 24 heavy (non-hydrogen) atoms. The summed E-state index contributed by atoms with van der Waals surface area (Å²) in [5.41, 5.74) is 0. The molecule has 0 spiro atoms. The maximum Gasteiger partial charge on any atom is 0.309 e. The van der Waals surface area contributed by atoms with Crippen LogP contribution in [0.5, 0.6) is 0 Å². The standard InChI is InChI=1S/C20H36O4/c1-5-11-17(12-6-2)19(21)23-15-9-10-16-24-20(22)18(13-7-3)14-8-4/h9-10,17-18H,5-8,11-16H2,1-4H3/b10-9+. The maximum absolute atomic E-state index is 12.0. The average Bonchev–Trinajstić information content (AvgIpc) is 2.57. The predicted molar refractivity (Wildman–Crippen MR) is 97.7 cm³/mol. The lowest BCUT2D eigenvalue weighted by molar-refractivity contribution is -0.149. The summed E-state index contributed by atoms with van der Waals surface area (Å²) in [4.78, 5) is 23.9. The molecule has 4 nitrogen and oxygen atoms in total. The highest BCUT2D eigenvalue weighted by atomic mass is 16.5. The molecule has 0 aliphatic heterocycles. The van der Waals surface area contributed by atoms with Gasteiger partial charge < -0.3 is 9.47 Å². The van der Waals surface area contributed by atoms with Crippen LogP contribution in [0.15, 0.2) is 12.2 Å². The Bertz CT molecular complexity index is 317. The van der Waals surface area contributed by atoms with Gasteiger partial charge in [-0.1, -0.05) is 53.4 Å². The highest BCUT2D eigenvalue weighted by Crippen LogP contribution is 2.16. The van der Waals surface area contributed by atoms with E-state index in [1.54, 1.807) is 12.2 Å². The summed E-state index contributed by atoms with van der Waals surface area (Å²) < 4.78 is 10.5. The van der Waals surface area contributed by atoms with E-state index in [2.05, 4.69) is 27.7 Å². The van der Waals surface area contributed by atoms with Crippen molar-refractivity contribution >= 4 is 11.9 Å². The molecule has 0 aliphatic rings. The van der Waals surface area contributed by atoms with Crippen molar-refractivity contribution in [3.63, 3.8) is 0 Å². The molecule has 140 valence electrons. The summed E-state index contributed by atoms with van der Waals surface area (Å²) in [7, 11) is 0. The fourth-order valence-corrected chi connectivity index (χ4v) is 2.79. The van der Waals surface area contributed by atoms with Crippen LogP contribution in [-0.4, -0.2) is 25.2 Å². The van der Waals surface area contributed by atoms with Crippen molar-refractivity contribution in [2.45, 2.75) is 79.1 Å². The zero-order valence-electron chi connectivity index (χ0n) is 16.0. The Hall–Kier alpha value is -1.32. The van der Waals surface area contributed by atoms with E-state index in [-0.39, 0.29) is 37.0 Å². The van der Waals surface area contributed by atoms with Crippen molar-refractivity contribution in [2.75, 3.05) is 13.2 Å². The highest BCUT2D eigenvalue weighted by molar-refractivity contribution is 5.72. The molecule has 0 aromatic rings. The number of ether oxygens (including phenoxy) is 2. The lowest BCUT2D eigenvalue weighted by Crippen LogP contribution is -2.18. The van der Waals surface area contributed by atoms with Gasteiger partial charge in [-0.25, -0.2) is 0 Å². The lowest BCUT2D eigenvalue weighted by atomic mass is 9.99. The van der Waals surface area contributed by atoms with Crippen LogP contribution >= 0.6 is 0 Å². The second-order valence-electron chi connectivity index (χ2n) is 6.28. The lowest BCUT2D eigenvalue weighted by Gasteiger charge is -2.14. The van der Waals surface area contributed by atoms with Gasteiger partial charge in [-0.3, -0.25) is 9.59 Å². The molecule has 0 aromatic carbocycles. The minimum atomic E-state index is -0.119. The molecule has 4 heteroatoms. The highest BCUT2D eigenvalue weighted by Gasteiger charge is 2.18. The van der Waals surface area contributed by atoms with Crippen LogP contribution in [0, 0.1) is 11.8 Å². The summed E-state index contributed by atoms with van der Waals surface area (Å²) in [5.74, 6) is -0.220. The van der Waals surface area contributed by atoms with Gasteiger partial charge in [-0.05, 0) is 37.8 Å². The minimum Gasteiger partial charge on any atom is -0.461 e. The Morgan fingerprint density at radius 2 is 0.958 bits per heavy atom. The van der Waals surface area contributed by atoms with Crippen molar-refractivity contribution in [2.24, 2.45) is 11.8 Å². The van der Waals surface area contributed by atoms with Crippen LogP contribution in [0.1, 0.15) is 79.1 Å². The Kier molecular flexibility index (Phi) is 14.4. The first kappa shape index (κ1) is 22.7. The number of rotatable bonds is 14. The van der Waals surface area contributed by atoms with Gasteiger partial charge in [0, 0.05) is 0 Å². The van der Waals surface area contributed by atoms with Gasteiger partial charge in [0.1, 0.15) is 13.2 Å². The third-order valence-corrected chi connectivity index (χ3v) is 4.03. The van der Waals surface area contributed by atoms with Crippen LogP contribution in [0.3, 0.4) is 0 Å². The monoisotopic (exact) mass is 340 g/mol. The molecule has 0 aromatic heterocycles. The zero-order chi connectivity index (χ0) is 18.2. The Morgan fingerprint density at radius 1 is 0.667 bits per heavy atom. The van der Waals surface area contributed by atoms with Crippen LogP contribution in [0.25, 0.3) is 0 Å². The van der Waals surface area contributed by atoms with E-state index in [4.69, 9.17) is 9.47 Å². The molecular formula is C20H36O4. The largest absolute Gasteiger partial charge is 0.461 e. The topological polar surface area (TPSA) is 52.6 Å². The minimum absolute atomic E-state index is 0.00933. The van der Waals surface area contributed by atoms with Crippen molar-refractivity contribution < 1.29 is 19.1 Å². The van der Waals surface area contributed by atoms with Crippen LogP contribution in [-0.2, 0) is 19.1 Å². The summed E-state index contributed by atoms with van der Waals surface area (Å²) in [6.45, 7) is 8.80. The predicted octanol–water partition coefficient (Wildman–Crippen LogP) is 5.06. The molecule has 0 aliphatic carbocycles. The number of hydrogen-bond donors (Lipinski definition) is 0. The van der Waals surface area contributed by atoms with Crippen molar-refractivity contribution in [3.05, 3.63) is 12.2 Å². The van der Waals surface area contributed by atoms with E-state index in [0.717, 1.165) is 51.4 Å². The molecule has 0 rings (SSSR count). The van der Waals surface area contributed by atoms with E-state index in [0.29, 0.717) is 0 Å². The molecule has 0 fully saturated rings. The van der Waals surface area contributed by atoms with Crippen molar-refractivity contribution in [3.8, 4) is 0 Å². The molecule has 0 saturated heterocycles. The second-order valence-corrected chi connectivity index (χ2v) is 6.28. The van der Waals surface area contributed by atoms with Crippen LogP contribution < -0.4 is 0 Å². The molecule has 0 radical (unpaired) electrons. The SMILES string of the molecule is CCCC(CCC)C(=O)OC/C=C/COC(=O)C(CCC)CCC. The summed E-state index contributed by atoms with van der Waals surface area (Å²) in [6.07, 6.45) is 11.0. The number of hydrogen-bond acceptors (Lipinski definition) is 4. The van der Waals surface area contributed by atoms with Gasteiger partial charge in [0.05, 0.1) is 11.8 Å². The number of carbonyl (C=O) groups is 2. The average molecular weight is 341 g/mol. The summed E-state index contributed by atoms with van der Waals surface area (Å²) in [6, 6.07) is 0. The number of esters is 2. The van der Waals surface area contributed by atoms with E-state index >= 15 is 0 Å². The van der Waals surface area contributed by atoms with Gasteiger partial charge in [-0.15, -0.1) is 0 Å². The third kappa shape index (κ3) is 10.5. The van der Waals surface area contributed by atoms with Gasteiger partial charge in [0.2, 0.25) is 0 Å². The molecular weight excluding hydrogens is 304 g/mol. The maximum atomic E-state index is 12.0. The third-order valence-electron chi connectivity index (χ3n) is 4.03. The fraction of sp³-hybridized carbons (Fsp3) is 0.800. The van der Waals surface area contributed by atoms with E-state index in [1.807, 2.05) is 0 Å². The first-order chi connectivity index (χ1) is 11.6. The van der Waals surface area contributed by atoms with Crippen LogP contribution in [0.2, 0.25) is 0 Å². The molecule has 0 atom stereocenters. The van der Waals surface area contributed by atoms with Crippen molar-refractivity contribution in [1.82, 2.24) is 0 Å². The fourth-order valence-electron chi connectivity index (χ4n) is 2.79. The van der Waals surface area contributed by atoms with E-state index in [9.17, 15) is 9.59 Å². The molecule has 0 saturated carbocycles. The smallest absolute Gasteiger partial charge is 0.309 e. The van der Waals surface area contributed by atoms with Gasteiger partial charge >= 0.3 is 11.9 Å². The Morgan fingerprint density at radius 3 is 1.21 bits per heavy atom. The van der Waals surface area contributed by atoms with Gasteiger partial charge in [0.25, 0.3) is 0 Å². The summed E-state index contributed by atoms with van der Waals surface area (Å²) in [5, 5.41) is 0. The Balaban J connectivity index is 4.03. The first-order valence-corrected chi connectivity index (χ1v) is 9.58.